The maximum absolute atomic E-state index is 13.1. The van der Waals surface area contributed by atoms with Gasteiger partial charge in [0.2, 0.25) is 0 Å². The van der Waals surface area contributed by atoms with E-state index in [1.807, 2.05) is 14.1 Å². The lowest BCUT2D eigenvalue weighted by Crippen LogP contribution is -2.15. The minimum Gasteiger partial charge on any atom is -0.508 e. The molecule has 0 bridgehead atoms. The van der Waals surface area contributed by atoms with Crippen LogP contribution in [-0.4, -0.2) is 55.4 Å². The van der Waals surface area contributed by atoms with E-state index in [2.05, 4.69) is 10.2 Å². The molecule has 3 rings (SSSR count). The largest absolute Gasteiger partial charge is 0.508 e. The summed E-state index contributed by atoms with van der Waals surface area (Å²) in [6.07, 6.45) is 0.862. The Bertz CT molecular complexity index is 1130. The van der Waals surface area contributed by atoms with Crippen LogP contribution in [0, 0.1) is 0 Å². The molecule has 8 heteroatoms. The normalized spacial score (nSPS) is 10.8. The number of phenolic OH excluding ortho intramolecular Hbond substituents is 2. The van der Waals surface area contributed by atoms with Crippen LogP contribution in [0.4, 0.5) is 5.69 Å². The van der Waals surface area contributed by atoms with Crippen LogP contribution in [0.2, 0.25) is 5.02 Å². The van der Waals surface area contributed by atoms with E-state index in [0.717, 1.165) is 13.0 Å². The second-order valence-electron chi connectivity index (χ2n) is 7.69. The number of nitrogens with zero attached hydrogens (tertiary/aromatic N) is 1. The van der Waals surface area contributed by atoms with Crippen molar-refractivity contribution >= 4 is 23.2 Å². The van der Waals surface area contributed by atoms with Crippen molar-refractivity contribution in [2.45, 2.75) is 6.42 Å². The first kappa shape index (κ1) is 24.2. The van der Waals surface area contributed by atoms with Gasteiger partial charge < -0.3 is 29.9 Å². The van der Waals surface area contributed by atoms with Gasteiger partial charge in [-0.25, -0.2) is 0 Å². The van der Waals surface area contributed by atoms with Gasteiger partial charge in [-0.05, 0) is 68.5 Å². The van der Waals surface area contributed by atoms with Crippen molar-refractivity contribution < 1.29 is 24.5 Å². The summed E-state index contributed by atoms with van der Waals surface area (Å²) in [5.74, 6) is 0.103. The van der Waals surface area contributed by atoms with Crippen molar-refractivity contribution in [1.82, 2.24) is 4.90 Å². The van der Waals surface area contributed by atoms with E-state index < -0.39 is 5.91 Å². The zero-order valence-electron chi connectivity index (χ0n) is 18.8. The highest BCUT2D eigenvalue weighted by Crippen LogP contribution is 2.41. The summed E-state index contributed by atoms with van der Waals surface area (Å²) in [6.45, 7) is 1.43. The topological polar surface area (TPSA) is 91.3 Å². The minimum atomic E-state index is -0.456. The molecule has 0 aromatic heterocycles. The number of anilines is 1. The van der Waals surface area contributed by atoms with Crippen LogP contribution in [0.1, 0.15) is 16.8 Å². The fourth-order valence-corrected chi connectivity index (χ4v) is 3.57. The number of hydrogen-bond donors (Lipinski definition) is 3. The van der Waals surface area contributed by atoms with E-state index in [-0.39, 0.29) is 28.4 Å². The maximum atomic E-state index is 13.1. The zero-order valence-corrected chi connectivity index (χ0v) is 19.5. The lowest BCUT2D eigenvalue weighted by molar-refractivity contribution is 0.102. The van der Waals surface area contributed by atoms with E-state index in [1.165, 1.54) is 25.3 Å². The number of methoxy groups -OCH3 is 1. The Balaban J connectivity index is 1.83. The molecule has 1 amide bonds. The van der Waals surface area contributed by atoms with Crippen LogP contribution < -0.4 is 14.8 Å². The van der Waals surface area contributed by atoms with Gasteiger partial charge in [0.25, 0.3) is 5.91 Å². The van der Waals surface area contributed by atoms with Gasteiger partial charge in [0.1, 0.15) is 11.5 Å². The Hall–Kier alpha value is -3.42. The number of nitrogens with one attached hydrogen (secondary N) is 1. The fraction of sp³-hybridized carbons (Fsp3) is 0.240. The molecule has 0 spiro atoms. The van der Waals surface area contributed by atoms with Gasteiger partial charge in [0.15, 0.2) is 11.5 Å². The Morgan fingerprint density at radius 2 is 1.82 bits per heavy atom. The number of aromatic hydroxyl groups is 2. The summed E-state index contributed by atoms with van der Waals surface area (Å²) in [5.41, 5.74) is 1.40. The van der Waals surface area contributed by atoms with Crippen molar-refractivity contribution in [3.63, 3.8) is 0 Å². The predicted molar refractivity (Wildman–Crippen MR) is 130 cm³/mol. The standard InChI is InChI=1S/C25H27ClN2O5/c1-28(2)12-5-13-33-21-10-8-17(15-20(21)26)27-25(31)19-9-11-22(32-3)24(30)23(19)16-6-4-7-18(29)14-16/h4,6-11,14-15,29-30H,5,12-13H2,1-3H3,(H,27,31). The molecule has 174 valence electrons. The van der Waals surface area contributed by atoms with Crippen molar-refractivity contribution in [3.8, 4) is 34.1 Å². The Kier molecular flexibility index (Phi) is 8.03. The molecule has 33 heavy (non-hydrogen) atoms. The third-order valence-corrected chi connectivity index (χ3v) is 5.23. The van der Waals surface area contributed by atoms with Crippen LogP contribution in [-0.2, 0) is 0 Å². The third kappa shape index (κ3) is 6.09. The molecule has 3 aromatic rings. The van der Waals surface area contributed by atoms with Gasteiger partial charge in [-0.1, -0.05) is 23.7 Å². The molecule has 0 unspecified atom stereocenters. The summed E-state index contributed by atoms with van der Waals surface area (Å²) in [5, 5.41) is 23.8. The smallest absolute Gasteiger partial charge is 0.256 e. The quantitative estimate of drug-likeness (QED) is 0.381. The number of ether oxygens (including phenoxy) is 2. The first-order valence-corrected chi connectivity index (χ1v) is 10.8. The number of halogens is 1. The average Bonchev–Trinajstić information content (AvgIpc) is 2.77. The number of carbonyl (C=O) groups is 1. The lowest BCUT2D eigenvalue weighted by Gasteiger charge is -2.15. The van der Waals surface area contributed by atoms with Crippen LogP contribution >= 0.6 is 11.6 Å². The van der Waals surface area contributed by atoms with Crippen LogP contribution in [0.3, 0.4) is 0 Å². The fourth-order valence-electron chi connectivity index (χ4n) is 3.34. The molecule has 0 aliphatic rings. The molecule has 0 heterocycles. The number of benzene rings is 3. The van der Waals surface area contributed by atoms with Gasteiger partial charge in [0, 0.05) is 17.8 Å². The number of carbonyl (C=O) groups excluding carboxylic acids is 1. The van der Waals surface area contributed by atoms with Crippen molar-refractivity contribution in [1.29, 1.82) is 0 Å². The Morgan fingerprint density at radius 3 is 2.48 bits per heavy atom. The highest BCUT2D eigenvalue weighted by molar-refractivity contribution is 6.32. The highest BCUT2D eigenvalue weighted by Gasteiger charge is 2.21. The second-order valence-corrected chi connectivity index (χ2v) is 8.10. The van der Waals surface area contributed by atoms with E-state index in [1.54, 1.807) is 36.4 Å². The molecule has 0 aliphatic heterocycles. The molecular weight excluding hydrogens is 444 g/mol. The highest BCUT2D eigenvalue weighted by atomic mass is 35.5. The molecule has 0 fully saturated rings. The van der Waals surface area contributed by atoms with Crippen molar-refractivity contribution in [2.75, 3.05) is 39.7 Å². The van der Waals surface area contributed by atoms with Gasteiger partial charge in [-0.15, -0.1) is 0 Å². The summed E-state index contributed by atoms with van der Waals surface area (Å²) in [7, 11) is 5.42. The Labute approximate surface area is 198 Å². The first-order valence-electron chi connectivity index (χ1n) is 10.4. The molecule has 0 radical (unpaired) electrons. The van der Waals surface area contributed by atoms with Gasteiger partial charge in [-0.3, -0.25) is 4.79 Å². The average molecular weight is 471 g/mol. The van der Waals surface area contributed by atoms with E-state index in [0.29, 0.717) is 28.6 Å². The summed E-state index contributed by atoms with van der Waals surface area (Å²) in [4.78, 5) is 15.2. The predicted octanol–water partition coefficient (Wildman–Crippen LogP) is 5.01. The third-order valence-electron chi connectivity index (χ3n) is 4.94. The van der Waals surface area contributed by atoms with Crippen molar-refractivity contribution in [3.05, 3.63) is 65.2 Å². The van der Waals surface area contributed by atoms with Gasteiger partial charge in [-0.2, -0.15) is 0 Å². The summed E-state index contributed by atoms with van der Waals surface area (Å²) in [6, 6.07) is 14.4. The molecule has 0 saturated carbocycles. The maximum Gasteiger partial charge on any atom is 0.256 e. The number of phenols is 2. The van der Waals surface area contributed by atoms with Gasteiger partial charge >= 0.3 is 0 Å². The first-order chi connectivity index (χ1) is 15.8. The summed E-state index contributed by atoms with van der Waals surface area (Å²) >= 11 is 6.34. The molecule has 0 saturated heterocycles. The van der Waals surface area contributed by atoms with E-state index in [4.69, 9.17) is 21.1 Å². The Morgan fingerprint density at radius 1 is 1.06 bits per heavy atom. The second kappa shape index (κ2) is 10.9. The monoisotopic (exact) mass is 470 g/mol. The van der Waals surface area contributed by atoms with Crippen LogP contribution in [0.5, 0.6) is 23.0 Å². The van der Waals surface area contributed by atoms with Crippen LogP contribution in [0.15, 0.2) is 54.6 Å². The van der Waals surface area contributed by atoms with Gasteiger partial charge in [0.05, 0.1) is 24.3 Å². The molecule has 7 nitrogen and oxygen atoms in total. The van der Waals surface area contributed by atoms with E-state index >= 15 is 0 Å². The lowest BCUT2D eigenvalue weighted by atomic mass is 9.97. The number of amides is 1. The molecule has 0 atom stereocenters. The molecule has 0 aliphatic carbocycles. The zero-order chi connectivity index (χ0) is 24.0. The molecular formula is C25H27ClN2O5. The van der Waals surface area contributed by atoms with Crippen molar-refractivity contribution in [2.24, 2.45) is 0 Å². The molecule has 3 N–H and O–H groups in total. The van der Waals surface area contributed by atoms with Crippen LogP contribution in [0.25, 0.3) is 11.1 Å². The SMILES string of the molecule is COc1ccc(C(=O)Nc2ccc(OCCCN(C)C)c(Cl)c2)c(-c2cccc(O)c2)c1O. The van der Waals surface area contributed by atoms with E-state index in [9.17, 15) is 15.0 Å². The number of hydrogen-bond acceptors (Lipinski definition) is 6. The minimum absolute atomic E-state index is 0.00836. The number of rotatable bonds is 9. The summed E-state index contributed by atoms with van der Waals surface area (Å²) < 4.78 is 10.9. The molecule has 3 aromatic carbocycles.